The zero-order valence-electron chi connectivity index (χ0n) is 12.7. The maximum atomic E-state index is 12.4. The molecule has 3 N–H and O–H groups in total. The molecule has 2 rings (SSSR count). The third kappa shape index (κ3) is 4.16. The van der Waals surface area contributed by atoms with Gasteiger partial charge in [-0.1, -0.05) is 13.8 Å². The largest absolute Gasteiger partial charge is 0.330 e. The van der Waals surface area contributed by atoms with Gasteiger partial charge in [-0.05, 0) is 56.4 Å². The van der Waals surface area contributed by atoms with E-state index < -0.39 is 10.2 Å². The molecule has 1 heterocycles. The Morgan fingerprint density at radius 3 is 2.15 bits per heavy atom. The highest BCUT2D eigenvalue weighted by Gasteiger charge is 2.32. The van der Waals surface area contributed by atoms with Crippen LogP contribution in [-0.4, -0.2) is 38.4 Å². The van der Waals surface area contributed by atoms with Crippen LogP contribution in [0.15, 0.2) is 0 Å². The van der Waals surface area contributed by atoms with Gasteiger partial charge in [-0.2, -0.15) is 17.4 Å². The van der Waals surface area contributed by atoms with Crippen molar-refractivity contribution in [1.82, 2.24) is 9.03 Å². The highest BCUT2D eigenvalue weighted by Crippen LogP contribution is 2.29. The highest BCUT2D eigenvalue weighted by atomic mass is 32.2. The minimum absolute atomic E-state index is 0.103. The Hall–Kier alpha value is -0.170. The second kappa shape index (κ2) is 6.73. The number of hydrogen-bond acceptors (Lipinski definition) is 3. The molecule has 2 atom stereocenters. The lowest BCUT2D eigenvalue weighted by atomic mass is 9.81. The Morgan fingerprint density at radius 2 is 1.65 bits per heavy atom. The van der Waals surface area contributed by atoms with Crippen molar-refractivity contribution in [3.63, 3.8) is 0 Å². The van der Waals surface area contributed by atoms with E-state index in [1.54, 1.807) is 4.31 Å². The molecule has 118 valence electrons. The van der Waals surface area contributed by atoms with Gasteiger partial charge in [0, 0.05) is 19.1 Å². The van der Waals surface area contributed by atoms with Gasteiger partial charge in [-0.3, -0.25) is 0 Å². The maximum absolute atomic E-state index is 12.4. The number of piperidine rings is 1. The predicted molar refractivity (Wildman–Crippen MR) is 81.4 cm³/mol. The Kier molecular flexibility index (Phi) is 5.45. The first kappa shape index (κ1) is 16.2. The number of nitrogens with zero attached hydrogens (tertiary/aromatic N) is 1. The minimum atomic E-state index is -3.32. The van der Waals surface area contributed by atoms with Crippen molar-refractivity contribution in [2.75, 3.05) is 19.6 Å². The van der Waals surface area contributed by atoms with Crippen molar-refractivity contribution in [2.45, 2.75) is 52.0 Å². The number of nitrogens with two attached hydrogens (primary N) is 1. The van der Waals surface area contributed by atoms with Crippen LogP contribution in [0.25, 0.3) is 0 Å². The molecule has 2 fully saturated rings. The molecule has 0 radical (unpaired) electrons. The van der Waals surface area contributed by atoms with Gasteiger partial charge in [0.1, 0.15) is 0 Å². The van der Waals surface area contributed by atoms with Crippen molar-refractivity contribution in [1.29, 1.82) is 0 Å². The van der Waals surface area contributed by atoms with Crippen LogP contribution < -0.4 is 10.5 Å². The molecule has 0 aromatic carbocycles. The standard InChI is InChI=1S/C14H29N3O2S/c1-11-7-12(2)9-14(8-11)16-20(18,19)17-5-3-13(10-15)4-6-17/h11-14,16H,3-10,15H2,1-2H3. The summed E-state index contributed by atoms with van der Waals surface area (Å²) in [6.45, 7) is 6.30. The van der Waals surface area contributed by atoms with Crippen LogP contribution >= 0.6 is 0 Å². The fourth-order valence-electron chi connectivity index (χ4n) is 3.71. The molecule has 0 amide bonds. The van der Waals surface area contributed by atoms with E-state index >= 15 is 0 Å². The molecule has 1 aliphatic heterocycles. The molecule has 20 heavy (non-hydrogen) atoms. The van der Waals surface area contributed by atoms with Crippen LogP contribution in [0.1, 0.15) is 46.0 Å². The molecule has 1 saturated carbocycles. The first-order valence-corrected chi connectivity index (χ1v) is 9.32. The molecule has 6 heteroatoms. The Morgan fingerprint density at radius 1 is 1.10 bits per heavy atom. The third-order valence-corrected chi connectivity index (χ3v) is 6.42. The topological polar surface area (TPSA) is 75.4 Å². The molecule has 2 aliphatic rings. The molecule has 0 aromatic rings. The molecule has 1 saturated heterocycles. The lowest BCUT2D eigenvalue weighted by Gasteiger charge is -2.35. The number of rotatable bonds is 4. The van der Waals surface area contributed by atoms with Gasteiger partial charge in [0.15, 0.2) is 0 Å². The van der Waals surface area contributed by atoms with E-state index in [-0.39, 0.29) is 6.04 Å². The predicted octanol–water partition coefficient (Wildman–Crippen LogP) is 1.32. The van der Waals surface area contributed by atoms with Crippen LogP contribution in [0.3, 0.4) is 0 Å². The number of nitrogens with one attached hydrogen (secondary N) is 1. The smallest absolute Gasteiger partial charge is 0.279 e. The third-order valence-electron chi connectivity index (χ3n) is 4.74. The van der Waals surface area contributed by atoms with E-state index in [0.29, 0.717) is 37.4 Å². The molecule has 0 aromatic heterocycles. The monoisotopic (exact) mass is 303 g/mol. The second-order valence-electron chi connectivity index (χ2n) is 6.82. The van der Waals surface area contributed by atoms with Crippen LogP contribution in [-0.2, 0) is 10.2 Å². The lowest BCUT2D eigenvalue weighted by molar-refractivity contribution is 0.244. The first-order valence-electron chi connectivity index (χ1n) is 7.88. The first-order chi connectivity index (χ1) is 9.40. The van der Waals surface area contributed by atoms with Gasteiger partial charge in [0.25, 0.3) is 10.2 Å². The highest BCUT2D eigenvalue weighted by molar-refractivity contribution is 7.87. The molecule has 0 bridgehead atoms. The van der Waals surface area contributed by atoms with Crippen LogP contribution in [0.2, 0.25) is 0 Å². The van der Waals surface area contributed by atoms with Gasteiger partial charge in [0.05, 0.1) is 0 Å². The van der Waals surface area contributed by atoms with E-state index in [2.05, 4.69) is 18.6 Å². The Labute approximate surface area is 123 Å². The fourth-order valence-corrected chi connectivity index (χ4v) is 5.17. The maximum Gasteiger partial charge on any atom is 0.279 e. The van der Waals surface area contributed by atoms with Crippen LogP contribution in [0.5, 0.6) is 0 Å². The minimum Gasteiger partial charge on any atom is -0.330 e. The molecule has 0 spiro atoms. The fraction of sp³-hybridized carbons (Fsp3) is 1.00. The quantitative estimate of drug-likeness (QED) is 0.822. The second-order valence-corrected chi connectivity index (χ2v) is 8.52. The van der Waals surface area contributed by atoms with Crippen molar-refractivity contribution in [3.8, 4) is 0 Å². The average Bonchev–Trinajstić information content (AvgIpc) is 2.37. The Balaban J connectivity index is 1.90. The molecular formula is C14H29N3O2S. The van der Waals surface area contributed by atoms with Crippen molar-refractivity contribution < 1.29 is 8.42 Å². The SMILES string of the molecule is CC1CC(C)CC(NS(=O)(=O)N2CCC(CN)CC2)C1. The van der Waals surface area contributed by atoms with Gasteiger partial charge in [0.2, 0.25) is 0 Å². The van der Waals surface area contributed by atoms with Gasteiger partial charge >= 0.3 is 0 Å². The van der Waals surface area contributed by atoms with Crippen molar-refractivity contribution >= 4 is 10.2 Å². The van der Waals surface area contributed by atoms with Crippen LogP contribution in [0, 0.1) is 17.8 Å². The summed E-state index contributed by atoms with van der Waals surface area (Å²) >= 11 is 0. The summed E-state index contributed by atoms with van der Waals surface area (Å²) < 4.78 is 29.4. The van der Waals surface area contributed by atoms with Crippen molar-refractivity contribution in [2.24, 2.45) is 23.5 Å². The number of hydrogen-bond donors (Lipinski definition) is 2. The zero-order chi connectivity index (χ0) is 14.8. The van der Waals surface area contributed by atoms with E-state index in [1.807, 2.05) is 0 Å². The lowest BCUT2D eigenvalue weighted by Crippen LogP contribution is -2.50. The molecule has 2 unspecified atom stereocenters. The summed E-state index contributed by atoms with van der Waals surface area (Å²) in [6, 6.07) is 0.103. The molecule has 5 nitrogen and oxygen atoms in total. The van der Waals surface area contributed by atoms with Gasteiger partial charge in [-0.25, -0.2) is 0 Å². The van der Waals surface area contributed by atoms with Gasteiger partial charge in [-0.15, -0.1) is 0 Å². The summed E-state index contributed by atoms with van der Waals surface area (Å²) in [4.78, 5) is 0. The summed E-state index contributed by atoms with van der Waals surface area (Å²) in [6.07, 6.45) is 4.90. The van der Waals surface area contributed by atoms with E-state index in [0.717, 1.165) is 25.7 Å². The normalized spacial score (nSPS) is 34.2. The summed E-state index contributed by atoms with van der Waals surface area (Å²) in [5.41, 5.74) is 5.65. The van der Waals surface area contributed by atoms with E-state index in [9.17, 15) is 8.42 Å². The summed E-state index contributed by atoms with van der Waals surface area (Å²) in [5.74, 6) is 1.69. The van der Waals surface area contributed by atoms with E-state index in [4.69, 9.17) is 5.73 Å². The van der Waals surface area contributed by atoms with Crippen molar-refractivity contribution in [3.05, 3.63) is 0 Å². The van der Waals surface area contributed by atoms with Crippen LogP contribution in [0.4, 0.5) is 0 Å². The molecule has 1 aliphatic carbocycles. The summed E-state index contributed by atoms with van der Waals surface area (Å²) in [5, 5.41) is 0. The molecular weight excluding hydrogens is 274 g/mol. The Bertz CT molecular complexity index is 395. The van der Waals surface area contributed by atoms with Gasteiger partial charge < -0.3 is 5.73 Å². The van der Waals surface area contributed by atoms with E-state index in [1.165, 1.54) is 6.42 Å². The summed E-state index contributed by atoms with van der Waals surface area (Å²) in [7, 11) is -3.32. The zero-order valence-corrected chi connectivity index (χ0v) is 13.5. The average molecular weight is 303 g/mol.